The van der Waals surface area contributed by atoms with Crippen molar-refractivity contribution in [3.63, 3.8) is 0 Å². The van der Waals surface area contributed by atoms with E-state index >= 15 is 0 Å². The maximum atomic E-state index is 11.9. The maximum Gasteiger partial charge on any atom is 0.225 e. The maximum absolute atomic E-state index is 11.9. The quantitative estimate of drug-likeness (QED) is 0.768. The average Bonchev–Trinajstić information content (AvgIpc) is 2.43. The molecule has 1 fully saturated rings. The van der Waals surface area contributed by atoms with Crippen LogP contribution in [0.2, 0.25) is 0 Å². The van der Waals surface area contributed by atoms with Gasteiger partial charge in [-0.05, 0) is 24.1 Å². The Bertz CT molecular complexity index is 668. The summed E-state index contributed by atoms with van der Waals surface area (Å²) in [5, 5.41) is 2.84. The number of ether oxygens (including phenoxy) is 2. The molecule has 23 heavy (non-hydrogen) atoms. The van der Waals surface area contributed by atoms with Gasteiger partial charge in [-0.2, -0.15) is 0 Å². The lowest BCUT2D eigenvalue weighted by molar-refractivity contribution is -0.128. The number of benzene rings is 1. The van der Waals surface area contributed by atoms with Crippen LogP contribution in [-0.2, 0) is 21.2 Å². The Balaban J connectivity index is 1.78. The Labute approximate surface area is 136 Å². The third kappa shape index (κ3) is 4.35. The molecule has 7 nitrogen and oxygen atoms in total. The average molecular weight is 342 g/mol. The Kier molecular flexibility index (Phi) is 5.48. The van der Waals surface area contributed by atoms with Gasteiger partial charge < -0.3 is 14.8 Å². The number of rotatable bonds is 7. The molecule has 1 amide bonds. The first-order valence-corrected chi connectivity index (χ1v) is 9.13. The first-order chi connectivity index (χ1) is 10.8. The van der Waals surface area contributed by atoms with E-state index in [9.17, 15) is 13.2 Å². The second-order valence-electron chi connectivity index (χ2n) is 5.51. The lowest BCUT2D eigenvalue weighted by Gasteiger charge is -2.35. The molecule has 1 heterocycles. The van der Waals surface area contributed by atoms with Crippen molar-refractivity contribution in [2.45, 2.75) is 6.42 Å². The SMILES string of the molecule is COc1ccc(CCNC(=O)C2CN(S(C)(=O)=O)C2)cc1OC. The van der Waals surface area contributed by atoms with Crippen LogP contribution in [0.15, 0.2) is 18.2 Å². The highest BCUT2D eigenvalue weighted by molar-refractivity contribution is 7.88. The van der Waals surface area contributed by atoms with Gasteiger partial charge in [0.2, 0.25) is 15.9 Å². The molecule has 0 radical (unpaired) electrons. The standard InChI is InChI=1S/C15H22N2O5S/c1-21-13-5-4-11(8-14(13)22-2)6-7-16-15(18)12-9-17(10-12)23(3,19)20/h4-5,8,12H,6-7,9-10H2,1-3H3,(H,16,18). The van der Waals surface area contributed by atoms with Gasteiger partial charge in [0.25, 0.3) is 0 Å². The van der Waals surface area contributed by atoms with Crippen LogP contribution in [0.3, 0.4) is 0 Å². The molecule has 0 saturated carbocycles. The van der Waals surface area contributed by atoms with E-state index in [2.05, 4.69) is 5.32 Å². The molecule has 1 aromatic rings. The number of nitrogens with one attached hydrogen (secondary N) is 1. The van der Waals surface area contributed by atoms with E-state index in [4.69, 9.17) is 9.47 Å². The number of hydrogen-bond donors (Lipinski definition) is 1. The van der Waals surface area contributed by atoms with Crippen LogP contribution in [0.5, 0.6) is 11.5 Å². The van der Waals surface area contributed by atoms with Crippen molar-refractivity contribution >= 4 is 15.9 Å². The highest BCUT2D eigenvalue weighted by atomic mass is 32.2. The molecule has 8 heteroatoms. The van der Waals surface area contributed by atoms with Gasteiger partial charge in [-0.25, -0.2) is 12.7 Å². The molecule has 0 atom stereocenters. The van der Waals surface area contributed by atoms with E-state index < -0.39 is 10.0 Å². The van der Waals surface area contributed by atoms with Gasteiger partial charge in [0.05, 0.1) is 26.4 Å². The minimum Gasteiger partial charge on any atom is -0.493 e. The van der Waals surface area contributed by atoms with Crippen LogP contribution in [0.1, 0.15) is 5.56 Å². The van der Waals surface area contributed by atoms with E-state index in [1.54, 1.807) is 14.2 Å². The number of sulfonamides is 1. The molecule has 1 N–H and O–H groups in total. The summed E-state index contributed by atoms with van der Waals surface area (Å²) in [6.45, 7) is 1.02. The van der Waals surface area contributed by atoms with Crippen LogP contribution < -0.4 is 14.8 Å². The zero-order chi connectivity index (χ0) is 17.0. The number of carbonyl (C=O) groups excluding carboxylic acids is 1. The summed E-state index contributed by atoms with van der Waals surface area (Å²) >= 11 is 0. The lowest BCUT2D eigenvalue weighted by Crippen LogP contribution is -2.55. The van der Waals surface area contributed by atoms with Crippen molar-refractivity contribution in [3.8, 4) is 11.5 Å². The third-order valence-corrected chi connectivity index (χ3v) is 5.08. The normalized spacial score (nSPS) is 15.8. The predicted molar refractivity (Wildman–Crippen MR) is 86.2 cm³/mol. The Morgan fingerprint density at radius 3 is 2.48 bits per heavy atom. The second kappa shape index (κ2) is 7.18. The predicted octanol–water partition coefficient (Wildman–Crippen LogP) is 0.254. The van der Waals surface area contributed by atoms with Crippen molar-refractivity contribution in [1.29, 1.82) is 0 Å². The number of carbonyl (C=O) groups is 1. The number of methoxy groups -OCH3 is 2. The zero-order valence-corrected chi connectivity index (χ0v) is 14.4. The molecule has 0 spiro atoms. The fourth-order valence-corrected chi connectivity index (χ4v) is 3.29. The van der Waals surface area contributed by atoms with E-state index in [1.165, 1.54) is 4.31 Å². The highest BCUT2D eigenvalue weighted by Crippen LogP contribution is 2.27. The Hall–Kier alpha value is -1.80. The molecule has 0 aliphatic carbocycles. The van der Waals surface area contributed by atoms with Crippen LogP contribution in [0, 0.1) is 5.92 Å². The summed E-state index contributed by atoms with van der Waals surface area (Å²) in [6, 6.07) is 5.62. The fourth-order valence-electron chi connectivity index (χ4n) is 2.39. The summed E-state index contributed by atoms with van der Waals surface area (Å²) in [6.07, 6.45) is 1.81. The van der Waals surface area contributed by atoms with Crippen LogP contribution >= 0.6 is 0 Å². The molecule has 0 bridgehead atoms. The van der Waals surface area contributed by atoms with Crippen molar-refractivity contribution in [2.75, 3.05) is 40.1 Å². The zero-order valence-electron chi connectivity index (χ0n) is 13.5. The molecular formula is C15H22N2O5S. The summed E-state index contributed by atoms with van der Waals surface area (Å²) in [5.74, 6) is 0.954. The van der Waals surface area contributed by atoms with Crippen LogP contribution in [0.25, 0.3) is 0 Å². The molecule has 1 aliphatic heterocycles. The molecular weight excluding hydrogens is 320 g/mol. The molecule has 0 unspecified atom stereocenters. The number of nitrogens with zero attached hydrogens (tertiary/aromatic N) is 1. The van der Waals surface area contributed by atoms with Gasteiger partial charge in [-0.1, -0.05) is 6.07 Å². The smallest absolute Gasteiger partial charge is 0.225 e. The molecule has 1 aliphatic rings. The highest BCUT2D eigenvalue weighted by Gasteiger charge is 2.37. The van der Waals surface area contributed by atoms with E-state index in [-0.39, 0.29) is 24.9 Å². The Morgan fingerprint density at radius 2 is 1.91 bits per heavy atom. The summed E-state index contributed by atoms with van der Waals surface area (Å²) in [7, 11) is -0.0263. The topological polar surface area (TPSA) is 84.9 Å². The molecule has 0 aromatic heterocycles. The molecule has 2 rings (SSSR count). The monoisotopic (exact) mass is 342 g/mol. The fraction of sp³-hybridized carbons (Fsp3) is 0.533. The number of hydrogen-bond acceptors (Lipinski definition) is 5. The first-order valence-electron chi connectivity index (χ1n) is 7.29. The van der Waals surface area contributed by atoms with Gasteiger partial charge in [-0.3, -0.25) is 4.79 Å². The van der Waals surface area contributed by atoms with Crippen LogP contribution in [-0.4, -0.2) is 58.7 Å². The van der Waals surface area contributed by atoms with Gasteiger partial charge in [0.1, 0.15) is 0 Å². The van der Waals surface area contributed by atoms with Gasteiger partial charge in [0, 0.05) is 19.6 Å². The van der Waals surface area contributed by atoms with E-state index in [1.807, 2.05) is 18.2 Å². The third-order valence-electron chi connectivity index (χ3n) is 3.85. The van der Waals surface area contributed by atoms with Crippen molar-refractivity contribution in [2.24, 2.45) is 5.92 Å². The summed E-state index contributed by atoms with van der Waals surface area (Å²) in [4.78, 5) is 11.9. The van der Waals surface area contributed by atoms with Crippen molar-refractivity contribution < 1.29 is 22.7 Å². The van der Waals surface area contributed by atoms with E-state index in [0.29, 0.717) is 24.5 Å². The molecule has 1 aromatic carbocycles. The number of amides is 1. The van der Waals surface area contributed by atoms with E-state index in [0.717, 1.165) is 11.8 Å². The molecule has 128 valence electrons. The minimum absolute atomic E-state index is 0.106. The van der Waals surface area contributed by atoms with Gasteiger partial charge >= 0.3 is 0 Å². The summed E-state index contributed by atoms with van der Waals surface area (Å²) < 4.78 is 34.2. The minimum atomic E-state index is -3.18. The largest absolute Gasteiger partial charge is 0.493 e. The molecule has 1 saturated heterocycles. The second-order valence-corrected chi connectivity index (χ2v) is 7.49. The van der Waals surface area contributed by atoms with Gasteiger partial charge in [-0.15, -0.1) is 0 Å². The Morgan fingerprint density at radius 1 is 1.26 bits per heavy atom. The van der Waals surface area contributed by atoms with Crippen molar-refractivity contribution in [3.05, 3.63) is 23.8 Å². The van der Waals surface area contributed by atoms with Crippen molar-refractivity contribution in [1.82, 2.24) is 9.62 Å². The lowest BCUT2D eigenvalue weighted by atomic mass is 10.0. The van der Waals surface area contributed by atoms with Gasteiger partial charge in [0.15, 0.2) is 11.5 Å². The first kappa shape index (κ1) is 17.6. The summed E-state index contributed by atoms with van der Waals surface area (Å²) in [5.41, 5.74) is 1.02. The van der Waals surface area contributed by atoms with Crippen LogP contribution in [0.4, 0.5) is 0 Å².